The van der Waals surface area contributed by atoms with E-state index < -0.39 is 11.8 Å². The molecule has 4 nitrogen and oxygen atoms in total. The van der Waals surface area contributed by atoms with E-state index in [2.05, 4.69) is 27.7 Å². The van der Waals surface area contributed by atoms with Crippen molar-refractivity contribution in [2.75, 3.05) is 0 Å². The summed E-state index contributed by atoms with van der Waals surface area (Å²) in [4.78, 5) is 11.1. The molecule has 4 rings (SSSR count). The van der Waals surface area contributed by atoms with Crippen LogP contribution in [0.4, 0.5) is 0 Å². The maximum absolute atomic E-state index is 11.2. The molecule has 172 valence electrons. The molecule has 0 aromatic rings. The molecule has 0 aliphatic heterocycles. The Morgan fingerprint density at radius 1 is 1.03 bits per heavy atom. The highest BCUT2D eigenvalue weighted by Crippen LogP contribution is 2.70. The largest absolute Gasteiger partial charge is 0.481 e. The zero-order chi connectivity index (χ0) is 21.9. The number of carboxylic acid groups (broad SMARTS) is 1. The first kappa shape index (κ1) is 22.6. The molecule has 9 atom stereocenters. The van der Waals surface area contributed by atoms with Crippen molar-refractivity contribution in [1.82, 2.24) is 0 Å². The molecule has 0 radical (unpaired) electrons. The maximum atomic E-state index is 11.2. The molecule has 0 aromatic heterocycles. The van der Waals surface area contributed by atoms with Crippen LogP contribution in [0.5, 0.6) is 0 Å². The van der Waals surface area contributed by atoms with Crippen LogP contribution < -0.4 is 0 Å². The van der Waals surface area contributed by atoms with Gasteiger partial charge in [0.1, 0.15) is 0 Å². The lowest BCUT2D eigenvalue weighted by atomic mass is 9.41. The molecule has 0 unspecified atom stereocenters. The van der Waals surface area contributed by atoms with Gasteiger partial charge in [-0.2, -0.15) is 0 Å². The summed E-state index contributed by atoms with van der Waals surface area (Å²) in [5.41, 5.74) is -0.105. The summed E-state index contributed by atoms with van der Waals surface area (Å²) in [5, 5.41) is 31.6. The van der Waals surface area contributed by atoms with Crippen LogP contribution in [0.3, 0.4) is 0 Å². The Morgan fingerprint density at radius 2 is 1.77 bits per heavy atom. The number of carbonyl (C=O) groups is 1. The predicted molar refractivity (Wildman–Crippen MR) is 118 cm³/mol. The zero-order valence-electron chi connectivity index (χ0n) is 19.6. The van der Waals surface area contributed by atoms with E-state index in [1.807, 2.05) is 0 Å². The number of aliphatic hydroxyl groups is 2. The molecule has 0 bridgehead atoms. The van der Waals surface area contributed by atoms with Gasteiger partial charge in [0.15, 0.2) is 5.79 Å². The van der Waals surface area contributed by atoms with Gasteiger partial charge in [0, 0.05) is 18.3 Å². The van der Waals surface area contributed by atoms with E-state index in [9.17, 15) is 15.0 Å². The normalized spacial score (nSPS) is 48.3. The predicted octanol–water partition coefficient (Wildman–Crippen LogP) is 5.46. The molecule has 0 aromatic carbocycles. The van der Waals surface area contributed by atoms with Crippen molar-refractivity contribution >= 4 is 5.97 Å². The van der Waals surface area contributed by atoms with Gasteiger partial charge < -0.3 is 15.3 Å². The van der Waals surface area contributed by atoms with E-state index in [1.165, 1.54) is 19.3 Å². The van der Waals surface area contributed by atoms with Crippen LogP contribution in [0.1, 0.15) is 98.3 Å². The Hall–Kier alpha value is -0.610. The second-order valence-electron chi connectivity index (χ2n) is 12.0. The van der Waals surface area contributed by atoms with E-state index in [1.54, 1.807) is 0 Å². The van der Waals surface area contributed by atoms with Crippen molar-refractivity contribution in [3.8, 4) is 0 Å². The third-order valence-electron chi connectivity index (χ3n) is 11.1. The van der Waals surface area contributed by atoms with Crippen molar-refractivity contribution in [2.24, 2.45) is 52.3 Å². The lowest BCUT2D eigenvalue weighted by Gasteiger charge is -2.65. The molecule has 0 amide bonds. The quantitative estimate of drug-likeness (QED) is 0.516. The minimum absolute atomic E-state index is 0.277. The Balaban J connectivity index is 1.62. The second kappa shape index (κ2) is 7.76. The Morgan fingerprint density at radius 3 is 2.43 bits per heavy atom. The number of carboxylic acids is 1. The highest BCUT2D eigenvalue weighted by atomic mass is 16.5. The first-order valence-electron chi connectivity index (χ1n) is 12.7. The van der Waals surface area contributed by atoms with Gasteiger partial charge in [-0.15, -0.1) is 0 Å². The highest BCUT2D eigenvalue weighted by Gasteiger charge is 2.67. The standard InChI is InChI=1S/C26H44O4/c1-5-17-15-18-21-10-9-19(16(2)8-11-23(27)28)24(21,3)14-12-22(18)25(4)20(17)7-6-13-26(25,29)30/h16-22,29-30H,5-15H2,1-4H3,(H,27,28)/t16-,17-,18+,19-,20+,21+,22+,24-,25+/m1/s1. The molecule has 4 aliphatic rings. The van der Waals surface area contributed by atoms with Gasteiger partial charge in [-0.1, -0.05) is 34.1 Å². The molecular formula is C26H44O4. The van der Waals surface area contributed by atoms with Crippen molar-refractivity contribution < 1.29 is 20.1 Å². The number of fused-ring (bicyclic) bond motifs is 5. The molecule has 4 fully saturated rings. The third-order valence-corrected chi connectivity index (χ3v) is 11.1. The van der Waals surface area contributed by atoms with Crippen LogP contribution in [0.2, 0.25) is 0 Å². The summed E-state index contributed by atoms with van der Waals surface area (Å²) in [6, 6.07) is 0. The fraction of sp³-hybridized carbons (Fsp3) is 0.962. The second-order valence-corrected chi connectivity index (χ2v) is 12.0. The van der Waals surface area contributed by atoms with Crippen LogP contribution in [0.15, 0.2) is 0 Å². The number of aliphatic carboxylic acids is 1. The summed E-state index contributed by atoms with van der Waals surface area (Å²) in [6.07, 6.45) is 10.8. The van der Waals surface area contributed by atoms with Crippen LogP contribution in [-0.4, -0.2) is 27.1 Å². The Labute approximate surface area is 182 Å². The fourth-order valence-corrected chi connectivity index (χ4v) is 9.59. The minimum atomic E-state index is -1.53. The lowest BCUT2D eigenvalue weighted by Crippen LogP contribution is -2.65. The molecule has 0 spiro atoms. The van der Waals surface area contributed by atoms with Crippen molar-refractivity contribution in [3.05, 3.63) is 0 Å². The van der Waals surface area contributed by atoms with Gasteiger partial charge in [-0.3, -0.25) is 4.79 Å². The molecule has 30 heavy (non-hydrogen) atoms. The van der Waals surface area contributed by atoms with Gasteiger partial charge in [0.2, 0.25) is 0 Å². The number of hydrogen-bond acceptors (Lipinski definition) is 3. The van der Waals surface area contributed by atoms with Crippen LogP contribution >= 0.6 is 0 Å². The van der Waals surface area contributed by atoms with Crippen LogP contribution in [0, 0.1) is 52.3 Å². The van der Waals surface area contributed by atoms with Crippen molar-refractivity contribution in [1.29, 1.82) is 0 Å². The number of hydrogen-bond donors (Lipinski definition) is 3. The summed E-state index contributed by atoms with van der Waals surface area (Å²) in [7, 11) is 0. The fourth-order valence-electron chi connectivity index (χ4n) is 9.59. The first-order chi connectivity index (χ1) is 14.1. The van der Waals surface area contributed by atoms with E-state index in [0.29, 0.717) is 47.8 Å². The molecule has 0 heterocycles. The van der Waals surface area contributed by atoms with Crippen LogP contribution in [0.25, 0.3) is 0 Å². The van der Waals surface area contributed by atoms with Gasteiger partial charge >= 0.3 is 5.97 Å². The topological polar surface area (TPSA) is 77.8 Å². The average molecular weight is 421 g/mol. The van der Waals surface area contributed by atoms with Gasteiger partial charge in [0.05, 0.1) is 0 Å². The smallest absolute Gasteiger partial charge is 0.303 e. The average Bonchev–Trinajstić information content (AvgIpc) is 3.04. The highest BCUT2D eigenvalue weighted by molar-refractivity contribution is 5.66. The SMILES string of the molecule is CC[C@@H]1C[C@H]2[C@@H]3CC[C@H]([C@H](C)CCC(=O)O)[C@@]3(C)CC[C@@H]2[C@]2(C)[C@H]1CCCC2(O)O. The van der Waals surface area contributed by atoms with E-state index in [4.69, 9.17) is 5.11 Å². The van der Waals surface area contributed by atoms with E-state index in [-0.39, 0.29) is 17.3 Å². The number of rotatable bonds is 5. The summed E-state index contributed by atoms with van der Waals surface area (Å²) < 4.78 is 0. The Kier molecular flexibility index (Phi) is 5.84. The lowest BCUT2D eigenvalue weighted by molar-refractivity contribution is -0.321. The molecule has 3 N–H and O–H groups in total. The van der Waals surface area contributed by atoms with Gasteiger partial charge in [-0.05, 0) is 98.2 Å². The third kappa shape index (κ3) is 3.18. The van der Waals surface area contributed by atoms with Gasteiger partial charge in [0.25, 0.3) is 0 Å². The van der Waals surface area contributed by atoms with Crippen LogP contribution in [-0.2, 0) is 4.79 Å². The summed E-state index contributed by atoms with van der Waals surface area (Å²) >= 11 is 0. The van der Waals surface area contributed by atoms with E-state index in [0.717, 1.165) is 38.5 Å². The maximum Gasteiger partial charge on any atom is 0.303 e. The van der Waals surface area contributed by atoms with Crippen molar-refractivity contribution in [3.63, 3.8) is 0 Å². The molecule has 4 saturated carbocycles. The Bertz CT molecular complexity index is 659. The molecular weight excluding hydrogens is 376 g/mol. The monoisotopic (exact) mass is 420 g/mol. The zero-order valence-corrected chi connectivity index (χ0v) is 19.6. The minimum Gasteiger partial charge on any atom is -0.481 e. The van der Waals surface area contributed by atoms with E-state index >= 15 is 0 Å². The molecule has 0 saturated heterocycles. The summed E-state index contributed by atoms with van der Waals surface area (Å²) in [6.45, 7) is 9.28. The molecule has 4 aliphatic carbocycles. The van der Waals surface area contributed by atoms with Crippen molar-refractivity contribution in [2.45, 2.75) is 104 Å². The molecule has 4 heteroatoms. The van der Waals surface area contributed by atoms with Gasteiger partial charge in [-0.25, -0.2) is 0 Å². The first-order valence-corrected chi connectivity index (χ1v) is 12.7. The summed E-state index contributed by atoms with van der Waals surface area (Å²) in [5.74, 6) is 1.52.